The Labute approximate surface area is 225 Å². The number of halogens is 3. The van der Waals surface area contributed by atoms with Crippen LogP contribution in [0.5, 0.6) is 0 Å². The van der Waals surface area contributed by atoms with Crippen molar-refractivity contribution >= 4 is 58.4 Å². The first kappa shape index (κ1) is 27.4. The summed E-state index contributed by atoms with van der Waals surface area (Å²) in [6.45, 7) is 2.46. The molecular formula is C27H27Cl3N2O2S. The van der Waals surface area contributed by atoms with Crippen molar-refractivity contribution in [2.75, 3.05) is 12.3 Å². The molecular weight excluding hydrogens is 523 g/mol. The van der Waals surface area contributed by atoms with Crippen LogP contribution >= 0.6 is 46.6 Å². The summed E-state index contributed by atoms with van der Waals surface area (Å²) in [5.74, 6) is 0.202. The first-order valence-electron chi connectivity index (χ1n) is 11.3. The van der Waals surface area contributed by atoms with Crippen molar-refractivity contribution in [2.45, 2.75) is 37.2 Å². The average Bonchev–Trinajstić information content (AvgIpc) is 2.85. The van der Waals surface area contributed by atoms with Crippen LogP contribution in [0.4, 0.5) is 0 Å². The van der Waals surface area contributed by atoms with E-state index in [-0.39, 0.29) is 24.8 Å². The zero-order valence-corrected chi connectivity index (χ0v) is 22.4. The molecule has 0 aliphatic carbocycles. The van der Waals surface area contributed by atoms with Gasteiger partial charge in [-0.3, -0.25) is 9.59 Å². The second kappa shape index (κ2) is 13.8. The van der Waals surface area contributed by atoms with Gasteiger partial charge in [-0.2, -0.15) is 0 Å². The zero-order chi connectivity index (χ0) is 25.2. The van der Waals surface area contributed by atoms with Crippen LogP contribution in [-0.4, -0.2) is 35.1 Å². The largest absolute Gasteiger partial charge is 0.355 e. The Morgan fingerprint density at radius 2 is 1.57 bits per heavy atom. The molecule has 0 aromatic heterocycles. The predicted octanol–water partition coefficient (Wildman–Crippen LogP) is 6.91. The summed E-state index contributed by atoms with van der Waals surface area (Å²) in [5.41, 5.74) is 1.58. The lowest BCUT2D eigenvalue weighted by atomic mass is 10.0. The number of thioether (sulfide) groups is 1. The number of nitrogens with zero attached hydrogens (tertiary/aromatic N) is 1. The molecule has 1 N–H and O–H groups in total. The maximum Gasteiger partial charge on any atom is 0.243 e. The van der Waals surface area contributed by atoms with Crippen molar-refractivity contribution in [3.63, 3.8) is 0 Å². The third kappa shape index (κ3) is 8.18. The predicted molar refractivity (Wildman–Crippen MR) is 146 cm³/mol. The van der Waals surface area contributed by atoms with Gasteiger partial charge in [0.2, 0.25) is 11.8 Å². The highest BCUT2D eigenvalue weighted by molar-refractivity contribution is 7.99. The van der Waals surface area contributed by atoms with Gasteiger partial charge in [0.25, 0.3) is 0 Å². The molecule has 0 saturated carbocycles. The molecule has 0 heterocycles. The van der Waals surface area contributed by atoms with Crippen molar-refractivity contribution in [3.05, 3.63) is 99.0 Å². The van der Waals surface area contributed by atoms with Gasteiger partial charge >= 0.3 is 0 Å². The summed E-state index contributed by atoms with van der Waals surface area (Å²) < 4.78 is 0. The number of amides is 2. The van der Waals surface area contributed by atoms with Gasteiger partial charge in [-0.1, -0.05) is 71.2 Å². The molecule has 0 radical (unpaired) electrons. The topological polar surface area (TPSA) is 49.4 Å². The monoisotopic (exact) mass is 548 g/mol. The fourth-order valence-corrected chi connectivity index (χ4v) is 5.11. The maximum atomic E-state index is 13.6. The van der Waals surface area contributed by atoms with E-state index in [1.165, 1.54) is 0 Å². The summed E-state index contributed by atoms with van der Waals surface area (Å²) in [6.07, 6.45) is 0.630. The van der Waals surface area contributed by atoms with E-state index in [1.807, 2.05) is 61.5 Å². The summed E-state index contributed by atoms with van der Waals surface area (Å²) in [4.78, 5) is 29.4. The molecule has 1 atom stereocenters. The Hall–Kier alpha value is -2.18. The number of nitrogens with one attached hydrogen (secondary N) is 1. The standard InChI is InChI=1S/C27H27Cl3N2O2S/c1-2-31-27(34)25(17-19-7-4-3-5-8-19)32(18-22-23(29)9-6-10-24(22)30)26(33)15-16-35-21-13-11-20(28)12-14-21/h3-14,25H,2,15-18H2,1H3,(H,31,34). The first-order valence-corrected chi connectivity index (χ1v) is 13.4. The second-order valence-corrected chi connectivity index (χ2v) is 10.3. The summed E-state index contributed by atoms with van der Waals surface area (Å²) in [7, 11) is 0. The number of hydrogen-bond acceptors (Lipinski definition) is 3. The minimum absolute atomic E-state index is 0.136. The number of likely N-dealkylation sites (N-methyl/N-ethyl adjacent to an activating group) is 1. The molecule has 0 spiro atoms. The van der Waals surface area contributed by atoms with Crippen molar-refractivity contribution in [1.82, 2.24) is 10.2 Å². The summed E-state index contributed by atoms with van der Waals surface area (Å²) >= 11 is 20.4. The van der Waals surface area contributed by atoms with E-state index in [0.717, 1.165) is 10.5 Å². The molecule has 0 aliphatic heterocycles. The molecule has 3 aromatic rings. The van der Waals surface area contributed by atoms with Crippen LogP contribution in [-0.2, 0) is 22.6 Å². The molecule has 0 saturated heterocycles. The second-order valence-electron chi connectivity index (χ2n) is 7.87. The van der Waals surface area contributed by atoms with Crippen LogP contribution in [0.1, 0.15) is 24.5 Å². The van der Waals surface area contributed by atoms with E-state index < -0.39 is 6.04 Å². The highest BCUT2D eigenvalue weighted by atomic mass is 35.5. The normalized spacial score (nSPS) is 11.7. The maximum absolute atomic E-state index is 13.6. The fourth-order valence-electron chi connectivity index (χ4n) is 3.63. The molecule has 4 nitrogen and oxygen atoms in total. The van der Waals surface area contributed by atoms with Crippen molar-refractivity contribution in [1.29, 1.82) is 0 Å². The van der Waals surface area contributed by atoms with E-state index in [2.05, 4.69) is 5.32 Å². The van der Waals surface area contributed by atoms with Gasteiger partial charge in [0.1, 0.15) is 6.04 Å². The number of carbonyl (C=O) groups excluding carboxylic acids is 2. The minimum atomic E-state index is -0.710. The lowest BCUT2D eigenvalue weighted by Gasteiger charge is -2.32. The Morgan fingerprint density at radius 1 is 0.914 bits per heavy atom. The van der Waals surface area contributed by atoms with Crippen molar-refractivity contribution < 1.29 is 9.59 Å². The van der Waals surface area contributed by atoms with Crippen LogP contribution in [0.3, 0.4) is 0 Å². The van der Waals surface area contributed by atoms with Crippen molar-refractivity contribution in [2.24, 2.45) is 0 Å². The van der Waals surface area contributed by atoms with Gasteiger partial charge in [0.05, 0.1) is 0 Å². The van der Waals surface area contributed by atoms with Crippen molar-refractivity contribution in [3.8, 4) is 0 Å². The van der Waals surface area contributed by atoms with Gasteiger partial charge < -0.3 is 10.2 Å². The molecule has 35 heavy (non-hydrogen) atoms. The highest BCUT2D eigenvalue weighted by Gasteiger charge is 2.30. The van der Waals surface area contributed by atoms with Crippen LogP contribution in [0.2, 0.25) is 15.1 Å². The SMILES string of the molecule is CCNC(=O)C(Cc1ccccc1)N(Cc1c(Cl)cccc1Cl)C(=O)CCSc1ccc(Cl)cc1. The van der Waals surface area contributed by atoms with Gasteiger partial charge in [-0.05, 0) is 48.9 Å². The molecule has 1 unspecified atom stereocenters. The Balaban J connectivity index is 1.86. The Bertz CT molecular complexity index is 1110. The third-order valence-electron chi connectivity index (χ3n) is 5.41. The Kier molecular flexibility index (Phi) is 10.8. The molecule has 0 fully saturated rings. The number of carbonyl (C=O) groups is 2. The first-order chi connectivity index (χ1) is 16.9. The van der Waals surface area contributed by atoms with E-state index in [9.17, 15) is 9.59 Å². The summed E-state index contributed by atoms with van der Waals surface area (Å²) in [5, 5.41) is 4.47. The fraction of sp³-hybridized carbons (Fsp3) is 0.259. The number of benzene rings is 3. The molecule has 8 heteroatoms. The third-order valence-corrected chi connectivity index (χ3v) is 7.38. The van der Waals surface area contributed by atoms with E-state index in [1.54, 1.807) is 34.9 Å². The average molecular weight is 550 g/mol. The van der Waals surface area contributed by atoms with Crippen LogP contribution < -0.4 is 5.32 Å². The van der Waals surface area contributed by atoms with Gasteiger partial charge in [0.15, 0.2) is 0 Å². The highest BCUT2D eigenvalue weighted by Crippen LogP contribution is 2.28. The Morgan fingerprint density at radius 3 is 2.20 bits per heavy atom. The number of hydrogen-bond donors (Lipinski definition) is 1. The number of rotatable bonds is 11. The minimum Gasteiger partial charge on any atom is -0.355 e. The van der Waals surface area contributed by atoms with Gasteiger partial charge in [-0.25, -0.2) is 0 Å². The molecule has 0 aliphatic rings. The lowest BCUT2D eigenvalue weighted by Crippen LogP contribution is -2.50. The van der Waals surface area contributed by atoms with E-state index in [4.69, 9.17) is 34.8 Å². The van der Waals surface area contributed by atoms with Gasteiger partial charge in [-0.15, -0.1) is 11.8 Å². The molecule has 3 aromatic carbocycles. The lowest BCUT2D eigenvalue weighted by molar-refractivity contribution is -0.140. The van der Waals surface area contributed by atoms with Crippen LogP contribution in [0.25, 0.3) is 0 Å². The smallest absolute Gasteiger partial charge is 0.243 e. The van der Waals surface area contributed by atoms with Crippen LogP contribution in [0, 0.1) is 0 Å². The quantitative estimate of drug-likeness (QED) is 0.265. The molecule has 184 valence electrons. The van der Waals surface area contributed by atoms with E-state index in [0.29, 0.717) is 39.3 Å². The molecule has 0 bridgehead atoms. The van der Waals surface area contributed by atoms with Gasteiger partial charge in [0, 0.05) is 57.2 Å². The summed E-state index contributed by atoms with van der Waals surface area (Å²) in [6, 6.07) is 21.7. The molecule has 2 amide bonds. The van der Waals surface area contributed by atoms with Crippen LogP contribution in [0.15, 0.2) is 77.7 Å². The molecule has 3 rings (SSSR count). The van der Waals surface area contributed by atoms with E-state index >= 15 is 0 Å². The zero-order valence-electron chi connectivity index (χ0n) is 19.3.